The first-order chi connectivity index (χ1) is 13.8. The van der Waals surface area contributed by atoms with E-state index < -0.39 is 5.60 Å². The van der Waals surface area contributed by atoms with Gasteiger partial charge in [-0.05, 0) is 29.5 Å². The molecule has 2 nitrogen and oxygen atoms in total. The van der Waals surface area contributed by atoms with Gasteiger partial charge in [0.05, 0.1) is 12.7 Å². The molecular formula is C26H28O2. The van der Waals surface area contributed by atoms with E-state index in [0.29, 0.717) is 6.61 Å². The number of rotatable bonds is 6. The molecule has 0 spiro atoms. The van der Waals surface area contributed by atoms with Crippen LogP contribution in [0, 0.1) is 5.92 Å². The number of ether oxygens (including phenoxy) is 1. The molecule has 0 amide bonds. The second-order valence-corrected chi connectivity index (χ2v) is 7.70. The van der Waals surface area contributed by atoms with E-state index in [-0.39, 0.29) is 12.0 Å². The topological polar surface area (TPSA) is 29.5 Å². The predicted molar refractivity (Wildman–Crippen MR) is 113 cm³/mol. The quantitative estimate of drug-likeness (QED) is 0.575. The Bertz CT molecular complexity index is 749. The fourth-order valence-electron chi connectivity index (χ4n) is 4.38. The maximum atomic E-state index is 10.5. The van der Waals surface area contributed by atoms with Crippen molar-refractivity contribution in [2.45, 2.75) is 37.4 Å². The highest BCUT2D eigenvalue weighted by Gasteiger charge is 2.38. The van der Waals surface area contributed by atoms with Gasteiger partial charge in [0, 0.05) is 5.92 Å². The fraction of sp³-hybridized carbons (Fsp3) is 0.308. The lowest BCUT2D eigenvalue weighted by Crippen LogP contribution is -2.37. The zero-order valence-corrected chi connectivity index (χ0v) is 16.2. The Kier molecular flexibility index (Phi) is 5.90. The molecule has 0 radical (unpaired) electrons. The summed E-state index contributed by atoms with van der Waals surface area (Å²) in [4.78, 5) is 0. The Labute approximate surface area is 167 Å². The van der Waals surface area contributed by atoms with Gasteiger partial charge >= 0.3 is 0 Å². The average Bonchev–Trinajstić information content (AvgIpc) is 2.78. The van der Waals surface area contributed by atoms with Crippen LogP contribution in [0.4, 0.5) is 0 Å². The van der Waals surface area contributed by atoms with Crippen molar-refractivity contribution in [1.82, 2.24) is 0 Å². The molecule has 0 aliphatic heterocycles. The third-order valence-corrected chi connectivity index (χ3v) is 5.92. The van der Waals surface area contributed by atoms with Crippen molar-refractivity contribution < 1.29 is 9.84 Å². The van der Waals surface area contributed by atoms with E-state index in [1.54, 1.807) is 0 Å². The monoisotopic (exact) mass is 372 g/mol. The van der Waals surface area contributed by atoms with Crippen LogP contribution in [0.25, 0.3) is 0 Å². The molecule has 1 saturated carbocycles. The Morgan fingerprint density at radius 1 is 0.679 bits per heavy atom. The summed E-state index contributed by atoms with van der Waals surface area (Å²) in [5.74, 6) is 0.185. The molecular weight excluding hydrogens is 344 g/mol. The molecule has 3 aromatic rings. The molecule has 144 valence electrons. The molecule has 1 aliphatic carbocycles. The molecule has 3 aromatic carbocycles. The lowest BCUT2D eigenvalue weighted by Gasteiger charge is -2.38. The van der Waals surface area contributed by atoms with Gasteiger partial charge in [-0.1, -0.05) is 104 Å². The van der Waals surface area contributed by atoms with Crippen LogP contribution in [0.5, 0.6) is 0 Å². The van der Waals surface area contributed by atoms with Crippen molar-refractivity contribution in [3.8, 4) is 0 Å². The first kappa shape index (κ1) is 18.9. The van der Waals surface area contributed by atoms with Crippen molar-refractivity contribution in [2.75, 3.05) is 6.61 Å². The molecule has 2 unspecified atom stereocenters. The van der Waals surface area contributed by atoms with Gasteiger partial charge in [-0.15, -0.1) is 0 Å². The summed E-state index contributed by atoms with van der Waals surface area (Å²) in [6, 6.07) is 31.3. The maximum absolute atomic E-state index is 10.5. The minimum Gasteiger partial charge on any atom is -0.393 e. The smallest absolute Gasteiger partial charge is 0.143 e. The van der Waals surface area contributed by atoms with Crippen LogP contribution < -0.4 is 0 Å². The van der Waals surface area contributed by atoms with Crippen molar-refractivity contribution in [3.63, 3.8) is 0 Å². The maximum Gasteiger partial charge on any atom is 0.143 e. The van der Waals surface area contributed by atoms with Crippen molar-refractivity contribution >= 4 is 0 Å². The third kappa shape index (κ3) is 3.76. The highest BCUT2D eigenvalue weighted by Crippen LogP contribution is 2.41. The second-order valence-electron chi connectivity index (χ2n) is 7.70. The molecule has 1 fully saturated rings. The number of aliphatic hydroxyl groups excluding tert-OH is 1. The van der Waals surface area contributed by atoms with Crippen LogP contribution in [-0.4, -0.2) is 17.8 Å². The molecule has 0 bridgehead atoms. The van der Waals surface area contributed by atoms with Gasteiger partial charge in [0.25, 0.3) is 0 Å². The summed E-state index contributed by atoms with van der Waals surface area (Å²) >= 11 is 0. The lowest BCUT2D eigenvalue weighted by molar-refractivity contribution is -0.0493. The van der Waals surface area contributed by atoms with Crippen molar-refractivity contribution in [3.05, 3.63) is 108 Å². The summed E-state index contributed by atoms with van der Waals surface area (Å²) in [7, 11) is 0. The van der Waals surface area contributed by atoms with E-state index in [9.17, 15) is 5.11 Å². The van der Waals surface area contributed by atoms with Gasteiger partial charge in [0.15, 0.2) is 0 Å². The van der Waals surface area contributed by atoms with Gasteiger partial charge in [-0.25, -0.2) is 0 Å². The van der Waals surface area contributed by atoms with Gasteiger partial charge in [-0.3, -0.25) is 0 Å². The molecule has 2 heteroatoms. The molecule has 1 aliphatic rings. The first-order valence-corrected chi connectivity index (χ1v) is 10.3. The molecule has 0 heterocycles. The highest BCUT2D eigenvalue weighted by atomic mass is 16.5. The Morgan fingerprint density at radius 2 is 1.11 bits per heavy atom. The molecule has 2 atom stereocenters. The largest absolute Gasteiger partial charge is 0.393 e. The van der Waals surface area contributed by atoms with E-state index in [2.05, 4.69) is 72.8 Å². The fourth-order valence-corrected chi connectivity index (χ4v) is 4.38. The standard InChI is InChI=1S/C26H28O2/c27-25-19-11-10-12-21(25)20-28-26(22-13-4-1-5-14-22,23-15-6-2-7-16-23)24-17-8-3-9-18-24/h1-9,13-18,21,25,27H,10-12,19-20H2. The SMILES string of the molecule is OC1CCCCC1COC(c1ccccc1)(c1ccccc1)c1ccccc1. The average molecular weight is 373 g/mol. The van der Waals surface area contributed by atoms with Crippen LogP contribution in [0.3, 0.4) is 0 Å². The number of hydrogen-bond acceptors (Lipinski definition) is 2. The number of hydrogen-bond donors (Lipinski definition) is 1. The third-order valence-electron chi connectivity index (χ3n) is 5.92. The Morgan fingerprint density at radius 3 is 1.54 bits per heavy atom. The Hall–Kier alpha value is -2.42. The summed E-state index contributed by atoms with van der Waals surface area (Å²) in [5.41, 5.74) is 2.63. The van der Waals surface area contributed by atoms with Crippen LogP contribution in [0.2, 0.25) is 0 Å². The normalized spacial score (nSPS) is 20.0. The molecule has 1 N–H and O–H groups in total. The Balaban J connectivity index is 1.81. The molecule has 28 heavy (non-hydrogen) atoms. The van der Waals surface area contributed by atoms with Gasteiger partial charge in [0.2, 0.25) is 0 Å². The van der Waals surface area contributed by atoms with E-state index in [0.717, 1.165) is 36.0 Å². The zero-order valence-electron chi connectivity index (χ0n) is 16.2. The molecule has 0 aromatic heterocycles. The predicted octanol–water partition coefficient (Wildman–Crippen LogP) is 5.55. The van der Waals surface area contributed by atoms with E-state index in [1.807, 2.05) is 18.2 Å². The highest BCUT2D eigenvalue weighted by molar-refractivity contribution is 5.47. The van der Waals surface area contributed by atoms with Crippen LogP contribution >= 0.6 is 0 Å². The van der Waals surface area contributed by atoms with Gasteiger partial charge in [0.1, 0.15) is 5.60 Å². The van der Waals surface area contributed by atoms with Crippen LogP contribution in [0.15, 0.2) is 91.0 Å². The molecule has 0 saturated heterocycles. The minimum atomic E-state index is -0.694. The summed E-state index contributed by atoms with van der Waals surface area (Å²) < 4.78 is 6.84. The lowest BCUT2D eigenvalue weighted by atomic mass is 9.79. The summed E-state index contributed by atoms with van der Waals surface area (Å²) in [5, 5.41) is 10.5. The van der Waals surface area contributed by atoms with Crippen LogP contribution in [0.1, 0.15) is 42.4 Å². The van der Waals surface area contributed by atoms with E-state index in [4.69, 9.17) is 4.74 Å². The summed E-state index contributed by atoms with van der Waals surface area (Å²) in [6.07, 6.45) is 3.91. The van der Waals surface area contributed by atoms with Crippen molar-refractivity contribution in [1.29, 1.82) is 0 Å². The second kappa shape index (κ2) is 8.72. The van der Waals surface area contributed by atoms with Crippen molar-refractivity contribution in [2.24, 2.45) is 5.92 Å². The zero-order chi connectivity index (χ0) is 19.2. The number of benzene rings is 3. The van der Waals surface area contributed by atoms with Gasteiger partial charge in [-0.2, -0.15) is 0 Å². The first-order valence-electron chi connectivity index (χ1n) is 10.3. The minimum absolute atomic E-state index is 0.185. The van der Waals surface area contributed by atoms with E-state index >= 15 is 0 Å². The van der Waals surface area contributed by atoms with E-state index in [1.165, 1.54) is 6.42 Å². The number of aliphatic hydroxyl groups is 1. The van der Waals surface area contributed by atoms with Gasteiger partial charge < -0.3 is 9.84 Å². The van der Waals surface area contributed by atoms with Crippen LogP contribution in [-0.2, 0) is 10.3 Å². The summed E-state index contributed by atoms with van der Waals surface area (Å²) in [6.45, 7) is 0.542. The molecule has 4 rings (SSSR count).